The van der Waals surface area contributed by atoms with Gasteiger partial charge in [-0.1, -0.05) is 19.9 Å². The molecule has 4 aromatic rings. The van der Waals surface area contributed by atoms with E-state index in [9.17, 15) is 4.79 Å². The van der Waals surface area contributed by atoms with E-state index >= 15 is 0 Å². The minimum atomic E-state index is -0.254. The number of aromatic amines is 1. The third-order valence-electron chi connectivity index (χ3n) is 6.61. The van der Waals surface area contributed by atoms with E-state index in [1.54, 1.807) is 18.6 Å². The molecule has 1 aliphatic heterocycles. The van der Waals surface area contributed by atoms with Gasteiger partial charge in [-0.25, -0.2) is 9.67 Å². The minimum Gasteiger partial charge on any atom is -0.309 e. The molecule has 8 heteroatoms. The lowest BCUT2D eigenvalue weighted by Crippen LogP contribution is -2.35. The number of rotatable bonds is 4. The quantitative estimate of drug-likeness (QED) is 0.549. The van der Waals surface area contributed by atoms with Crippen LogP contribution in [0.1, 0.15) is 45.1 Å². The first-order valence-corrected chi connectivity index (χ1v) is 10.7. The van der Waals surface area contributed by atoms with E-state index in [1.165, 1.54) is 5.56 Å². The SMILES string of the molecule is CC(C)n1ncc2c(=O)[nH]c([C@]3(C)CN(Cc4ccc5nccnc5c4)C[C@H]3C)nc21. The molecule has 1 aliphatic rings. The van der Waals surface area contributed by atoms with Crippen LogP contribution in [0.4, 0.5) is 0 Å². The van der Waals surface area contributed by atoms with Crippen molar-refractivity contribution in [1.82, 2.24) is 34.6 Å². The Balaban J connectivity index is 1.46. The summed E-state index contributed by atoms with van der Waals surface area (Å²) < 4.78 is 1.82. The third-order valence-corrected chi connectivity index (χ3v) is 6.61. The van der Waals surface area contributed by atoms with Gasteiger partial charge < -0.3 is 4.98 Å². The van der Waals surface area contributed by atoms with Crippen molar-refractivity contribution in [3.63, 3.8) is 0 Å². The summed E-state index contributed by atoms with van der Waals surface area (Å²) in [6, 6.07) is 6.39. The molecular formula is C23H27N7O. The summed E-state index contributed by atoms with van der Waals surface area (Å²) in [5, 5.41) is 4.92. The van der Waals surface area contributed by atoms with Gasteiger partial charge in [0.2, 0.25) is 0 Å². The molecule has 3 aromatic heterocycles. The van der Waals surface area contributed by atoms with Crippen LogP contribution in [0.5, 0.6) is 0 Å². The number of H-pyrrole nitrogens is 1. The van der Waals surface area contributed by atoms with E-state index in [1.807, 2.05) is 24.6 Å². The standard InChI is InChI=1S/C23H27N7O/c1-14(2)30-20-17(10-26-30)21(31)28-22(27-20)23(4)13-29(11-15(23)3)12-16-5-6-18-19(9-16)25-8-7-24-18/h5-10,14-15H,11-13H2,1-4H3,(H,27,28,31)/t15-,23-/m1/s1. The molecule has 1 saturated heterocycles. The van der Waals surface area contributed by atoms with Crippen molar-refractivity contribution in [2.24, 2.45) is 5.92 Å². The number of hydrogen-bond donors (Lipinski definition) is 1. The predicted octanol–water partition coefficient (Wildman–Crippen LogP) is 3.05. The molecule has 0 saturated carbocycles. The second-order valence-corrected chi connectivity index (χ2v) is 9.20. The molecule has 0 bridgehead atoms. The smallest absolute Gasteiger partial charge is 0.262 e. The Morgan fingerprint density at radius 1 is 1.23 bits per heavy atom. The summed E-state index contributed by atoms with van der Waals surface area (Å²) >= 11 is 0. The zero-order valence-electron chi connectivity index (χ0n) is 18.3. The molecule has 5 rings (SSSR count). The second-order valence-electron chi connectivity index (χ2n) is 9.20. The Kier molecular flexibility index (Phi) is 4.62. The fourth-order valence-electron chi connectivity index (χ4n) is 4.65. The number of likely N-dealkylation sites (tertiary alicyclic amines) is 1. The summed E-state index contributed by atoms with van der Waals surface area (Å²) in [5.41, 5.74) is 3.31. The number of hydrogen-bond acceptors (Lipinski definition) is 6. The Hall–Kier alpha value is -3.13. The largest absolute Gasteiger partial charge is 0.309 e. The molecule has 0 amide bonds. The molecular weight excluding hydrogens is 390 g/mol. The summed E-state index contributed by atoms with van der Waals surface area (Å²) in [7, 11) is 0. The van der Waals surface area contributed by atoms with E-state index in [2.05, 4.69) is 50.9 Å². The number of nitrogens with one attached hydrogen (secondary N) is 1. The highest BCUT2D eigenvalue weighted by atomic mass is 16.1. The molecule has 1 aromatic carbocycles. The van der Waals surface area contributed by atoms with Crippen LogP contribution in [0, 0.1) is 5.92 Å². The van der Waals surface area contributed by atoms with E-state index in [0.717, 1.165) is 36.5 Å². The molecule has 0 unspecified atom stereocenters. The van der Waals surface area contributed by atoms with Crippen molar-refractivity contribution in [2.75, 3.05) is 13.1 Å². The maximum absolute atomic E-state index is 12.8. The fourth-order valence-corrected chi connectivity index (χ4v) is 4.65. The lowest BCUT2D eigenvalue weighted by atomic mass is 9.80. The molecule has 4 heterocycles. The zero-order chi connectivity index (χ0) is 21.8. The van der Waals surface area contributed by atoms with Gasteiger partial charge in [0.25, 0.3) is 5.56 Å². The van der Waals surface area contributed by atoms with Crippen molar-refractivity contribution in [3.8, 4) is 0 Å². The van der Waals surface area contributed by atoms with Gasteiger partial charge in [-0.05, 0) is 37.5 Å². The molecule has 31 heavy (non-hydrogen) atoms. The van der Waals surface area contributed by atoms with Crippen LogP contribution < -0.4 is 5.56 Å². The average molecular weight is 418 g/mol. The first-order valence-electron chi connectivity index (χ1n) is 10.7. The fraction of sp³-hybridized carbons (Fsp3) is 0.435. The van der Waals surface area contributed by atoms with Gasteiger partial charge in [-0.2, -0.15) is 5.10 Å². The van der Waals surface area contributed by atoms with Crippen LogP contribution in [0.2, 0.25) is 0 Å². The molecule has 1 N–H and O–H groups in total. The molecule has 2 atom stereocenters. The van der Waals surface area contributed by atoms with Crippen LogP contribution in [0.25, 0.3) is 22.1 Å². The minimum absolute atomic E-state index is 0.119. The van der Waals surface area contributed by atoms with Crippen molar-refractivity contribution in [3.05, 3.63) is 58.5 Å². The van der Waals surface area contributed by atoms with Gasteiger partial charge >= 0.3 is 0 Å². The Morgan fingerprint density at radius 3 is 2.77 bits per heavy atom. The van der Waals surface area contributed by atoms with E-state index in [4.69, 9.17) is 4.98 Å². The highest BCUT2D eigenvalue weighted by Crippen LogP contribution is 2.37. The first kappa shape index (κ1) is 19.8. The average Bonchev–Trinajstić information content (AvgIpc) is 3.30. The molecule has 0 aliphatic carbocycles. The van der Waals surface area contributed by atoms with Gasteiger partial charge in [0.05, 0.1) is 17.2 Å². The lowest BCUT2D eigenvalue weighted by molar-refractivity contribution is 0.305. The normalized spacial score (nSPS) is 22.2. The van der Waals surface area contributed by atoms with Crippen LogP contribution in [0.3, 0.4) is 0 Å². The Bertz CT molecular complexity index is 1320. The predicted molar refractivity (Wildman–Crippen MR) is 120 cm³/mol. The van der Waals surface area contributed by atoms with Crippen molar-refractivity contribution < 1.29 is 0 Å². The number of fused-ring (bicyclic) bond motifs is 2. The molecule has 8 nitrogen and oxygen atoms in total. The monoisotopic (exact) mass is 417 g/mol. The molecule has 160 valence electrons. The maximum Gasteiger partial charge on any atom is 0.262 e. The zero-order valence-corrected chi connectivity index (χ0v) is 18.3. The van der Waals surface area contributed by atoms with Crippen molar-refractivity contribution in [1.29, 1.82) is 0 Å². The van der Waals surface area contributed by atoms with E-state index in [0.29, 0.717) is 17.0 Å². The number of aromatic nitrogens is 6. The van der Waals surface area contributed by atoms with Crippen molar-refractivity contribution in [2.45, 2.75) is 45.7 Å². The van der Waals surface area contributed by atoms with Gasteiger partial charge in [0.1, 0.15) is 11.2 Å². The van der Waals surface area contributed by atoms with Crippen LogP contribution in [0.15, 0.2) is 41.6 Å². The van der Waals surface area contributed by atoms with Crippen LogP contribution in [-0.4, -0.2) is 47.7 Å². The maximum atomic E-state index is 12.8. The van der Waals surface area contributed by atoms with Gasteiger partial charge in [0.15, 0.2) is 5.65 Å². The summed E-state index contributed by atoms with van der Waals surface area (Å²) in [6.07, 6.45) is 5.05. The van der Waals surface area contributed by atoms with E-state index < -0.39 is 0 Å². The van der Waals surface area contributed by atoms with Gasteiger partial charge in [-0.15, -0.1) is 0 Å². The Morgan fingerprint density at radius 2 is 2.00 bits per heavy atom. The van der Waals surface area contributed by atoms with E-state index in [-0.39, 0.29) is 17.0 Å². The summed E-state index contributed by atoms with van der Waals surface area (Å²) in [5.74, 6) is 1.08. The third kappa shape index (κ3) is 3.31. The van der Waals surface area contributed by atoms with Crippen LogP contribution in [-0.2, 0) is 12.0 Å². The summed E-state index contributed by atoms with van der Waals surface area (Å²) in [4.78, 5) is 31.9. The van der Waals surface area contributed by atoms with Gasteiger partial charge in [0, 0.05) is 43.5 Å². The molecule has 0 radical (unpaired) electrons. The number of nitrogens with zero attached hydrogens (tertiary/aromatic N) is 6. The van der Waals surface area contributed by atoms with Crippen LogP contribution >= 0.6 is 0 Å². The number of benzene rings is 1. The first-order chi connectivity index (χ1) is 14.8. The van der Waals surface area contributed by atoms with Gasteiger partial charge in [-0.3, -0.25) is 19.7 Å². The molecule has 1 fully saturated rings. The lowest BCUT2D eigenvalue weighted by Gasteiger charge is -2.27. The highest BCUT2D eigenvalue weighted by molar-refractivity contribution is 5.74. The molecule has 0 spiro atoms. The second kappa shape index (κ2) is 7.23. The summed E-state index contributed by atoms with van der Waals surface area (Å²) in [6.45, 7) is 11.1. The Labute approximate surface area is 180 Å². The topological polar surface area (TPSA) is 92.6 Å². The highest BCUT2D eigenvalue weighted by Gasteiger charge is 2.44. The van der Waals surface area contributed by atoms with Crippen molar-refractivity contribution >= 4 is 22.1 Å².